The third kappa shape index (κ3) is 5.31. The molecule has 0 atom stereocenters. The van der Waals surface area contributed by atoms with E-state index in [2.05, 4.69) is 10.5 Å². The number of carboxylic acids is 1. The van der Waals surface area contributed by atoms with Crippen molar-refractivity contribution in [3.05, 3.63) is 64.1 Å². The van der Waals surface area contributed by atoms with Crippen LogP contribution in [0.2, 0.25) is 0 Å². The summed E-state index contributed by atoms with van der Waals surface area (Å²) < 4.78 is 37.5. The lowest BCUT2D eigenvalue weighted by Gasteiger charge is -2.16. The molecule has 0 aliphatic carbocycles. The summed E-state index contributed by atoms with van der Waals surface area (Å²) in [4.78, 5) is 37.6. The van der Waals surface area contributed by atoms with Crippen molar-refractivity contribution in [3.63, 3.8) is 0 Å². The number of sulfonamides is 1. The highest BCUT2D eigenvalue weighted by Gasteiger charge is 2.25. The topological polar surface area (TPSA) is 169 Å². The molecule has 0 bridgehead atoms. The maximum Gasteiger partial charge on any atom is 0.287 e. The van der Waals surface area contributed by atoms with Crippen molar-refractivity contribution in [1.82, 2.24) is 20.0 Å². The van der Waals surface area contributed by atoms with Gasteiger partial charge in [-0.25, -0.2) is 13.1 Å². The van der Waals surface area contributed by atoms with Crippen LogP contribution in [-0.2, 0) is 21.4 Å². The van der Waals surface area contributed by atoms with Gasteiger partial charge >= 0.3 is 0 Å². The summed E-state index contributed by atoms with van der Waals surface area (Å²) in [5.41, 5.74) is 1.68. The lowest BCUT2D eigenvalue weighted by atomic mass is 10.1. The van der Waals surface area contributed by atoms with Crippen LogP contribution in [-0.4, -0.2) is 44.3 Å². The Balaban J connectivity index is 2.00. The smallest absolute Gasteiger partial charge is 0.287 e. The lowest BCUT2D eigenvalue weighted by molar-refractivity contribution is -0.297. The maximum absolute atomic E-state index is 13.1. The van der Waals surface area contributed by atoms with Crippen molar-refractivity contribution in [2.45, 2.75) is 18.4 Å². The van der Waals surface area contributed by atoms with Gasteiger partial charge in [0.1, 0.15) is 4.90 Å². The molecule has 12 nitrogen and oxygen atoms in total. The van der Waals surface area contributed by atoms with E-state index in [9.17, 15) is 27.9 Å². The third-order valence-corrected chi connectivity index (χ3v) is 6.10. The molecule has 3 rings (SSSR count). The van der Waals surface area contributed by atoms with Crippen molar-refractivity contribution in [2.75, 3.05) is 14.2 Å². The zero-order valence-corrected chi connectivity index (χ0v) is 19.7. The Labute approximate surface area is 199 Å². The Morgan fingerprint density at radius 3 is 2.43 bits per heavy atom. The molecule has 0 aliphatic rings. The maximum atomic E-state index is 13.1. The molecule has 0 fully saturated rings. The van der Waals surface area contributed by atoms with E-state index in [0.29, 0.717) is 6.08 Å². The van der Waals surface area contributed by atoms with Crippen LogP contribution in [0.4, 0.5) is 0 Å². The van der Waals surface area contributed by atoms with Gasteiger partial charge in [0.15, 0.2) is 17.2 Å². The van der Waals surface area contributed by atoms with Crippen LogP contribution in [0.5, 0.6) is 11.5 Å². The minimum atomic E-state index is -4.46. The second kappa shape index (κ2) is 10.4. The van der Waals surface area contributed by atoms with Gasteiger partial charge in [-0.3, -0.25) is 15.0 Å². The number of fused-ring (bicyclic) bond motifs is 1. The number of carboxylic acid groups (broad SMARTS) is 1. The summed E-state index contributed by atoms with van der Waals surface area (Å²) in [5, 5.41) is 15.3. The molecule has 0 spiro atoms. The van der Waals surface area contributed by atoms with Gasteiger partial charge in [-0.15, -0.1) is 4.83 Å². The highest BCUT2D eigenvalue weighted by molar-refractivity contribution is 7.89. The molecule has 0 radical (unpaired) electrons. The van der Waals surface area contributed by atoms with Gasteiger partial charge in [-0.1, -0.05) is 24.3 Å². The fourth-order valence-corrected chi connectivity index (χ4v) is 4.31. The zero-order chi connectivity index (χ0) is 25.8. The van der Waals surface area contributed by atoms with Crippen LogP contribution >= 0.6 is 0 Å². The average Bonchev–Trinajstić information content (AvgIpc) is 2.85. The number of amides is 1. The summed E-state index contributed by atoms with van der Waals surface area (Å²) in [6.07, 6.45) is 1.82. The Morgan fingerprint density at radius 1 is 1.14 bits per heavy atom. The standard InChI is InChI=1S/C22H22N4O8S/c1-4-26-22(30)15-8-6-5-7-14(15)19(24-26)21(29)23-25-35(31,32)17-12-13(9-10-18(27)28)11-16(33-2)20(17)34-3/h5-12,25H,4H2,1-3H3,(H,23,29)(H,27,28)/p-1/b10-9+. The molecule has 1 heterocycles. The number of hydrazine groups is 1. The molecule has 3 aromatic rings. The fraction of sp³-hybridized carbons (Fsp3) is 0.182. The minimum absolute atomic E-state index is 0.00221. The number of nitrogens with one attached hydrogen (secondary N) is 2. The molecule has 2 N–H and O–H groups in total. The van der Waals surface area contributed by atoms with E-state index in [1.165, 1.54) is 32.4 Å². The number of hydrogen-bond acceptors (Lipinski definition) is 9. The third-order valence-electron chi connectivity index (χ3n) is 4.85. The largest absolute Gasteiger partial charge is 0.545 e. The van der Waals surface area contributed by atoms with Gasteiger partial charge in [0.05, 0.1) is 25.6 Å². The number of carbonyl (C=O) groups excluding carboxylic acids is 2. The number of benzene rings is 2. The molecular weight excluding hydrogens is 480 g/mol. The first kappa shape index (κ1) is 25.4. The first-order valence-corrected chi connectivity index (χ1v) is 11.6. The second-order valence-corrected chi connectivity index (χ2v) is 8.63. The van der Waals surface area contributed by atoms with Gasteiger partial charge < -0.3 is 19.4 Å². The molecule has 184 valence electrons. The van der Waals surface area contributed by atoms with Crippen molar-refractivity contribution in [3.8, 4) is 11.5 Å². The number of rotatable bonds is 9. The normalized spacial score (nSPS) is 11.5. The summed E-state index contributed by atoms with van der Waals surface area (Å²) in [7, 11) is -1.97. The molecule has 1 aromatic heterocycles. The summed E-state index contributed by atoms with van der Waals surface area (Å²) in [6.45, 7) is 1.87. The molecule has 13 heteroatoms. The summed E-state index contributed by atoms with van der Waals surface area (Å²) in [6, 6.07) is 8.79. The molecule has 0 aliphatic heterocycles. The minimum Gasteiger partial charge on any atom is -0.545 e. The Morgan fingerprint density at radius 2 is 1.83 bits per heavy atom. The van der Waals surface area contributed by atoms with Gasteiger partial charge in [0.25, 0.3) is 21.5 Å². The molecule has 0 saturated heterocycles. The molecule has 0 saturated carbocycles. The number of methoxy groups -OCH3 is 2. The molecule has 2 aromatic carbocycles. The van der Waals surface area contributed by atoms with E-state index in [-0.39, 0.29) is 40.1 Å². The Kier molecular flexibility index (Phi) is 7.52. The number of carbonyl (C=O) groups is 2. The average molecular weight is 501 g/mol. The first-order chi connectivity index (χ1) is 16.6. The van der Waals surface area contributed by atoms with Crippen LogP contribution in [0, 0.1) is 0 Å². The number of aliphatic carboxylic acids is 1. The van der Waals surface area contributed by atoms with E-state index in [4.69, 9.17) is 9.47 Å². The van der Waals surface area contributed by atoms with Crippen molar-refractivity contribution >= 4 is 38.7 Å². The van der Waals surface area contributed by atoms with Crippen molar-refractivity contribution < 1.29 is 32.6 Å². The highest BCUT2D eigenvalue weighted by Crippen LogP contribution is 2.35. The summed E-state index contributed by atoms with van der Waals surface area (Å²) in [5.74, 6) is -2.57. The monoisotopic (exact) mass is 501 g/mol. The zero-order valence-electron chi connectivity index (χ0n) is 18.9. The molecule has 0 unspecified atom stereocenters. The predicted octanol–water partition coefficient (Wildman–Crippen LogP) is -0.180. The van der Waals surface area contributed by atoms with Crippen molar-refractivity contribution in [1.29, 1.82) is 0 Å². The van der Waals surface area contributed by atoms with Gasteiger partial charge in [-0.2, -0.15) is 5.10 Å². The van der Waals surface area contributed by atoms with Crippen LogP contribution in [0.3, 0.4) is 0 Å². The Hall–Kier alpha value is -4.23. The van der Waals surface area contributed by atoms with E-state index in [1.54, 1.807) is 19.1 Å². The van der Waals surface area contributed by atoms with Crippen LogP contribution in [0.1, 0.15) is 23.0 Å². The summed E-state index contributed by atoms with van der Waals surface area (Å²) >= 11 is 0. The van der Waals surface area contributed by atoms with E-state index >= 15 is 0 Å². The number of aromatic nitrogens is 2. The second-order valence-electron chi connectivity index (χ2n) is 6.98. The molecular formula is C22H21N4O8S-. The Bertz CT molecular complexity index is 1500. The lowest BCUT2D eigenvalue weighted by Crippen LogP contribution is -2.42. The molecule has 35 heavy (non-hydrogen) atoms. The van der Waals surface area contributed by atoms with Gasteiger partial charge in [0, 0.05) is 11.9 Å². The number of ether oxygens (including phenoxy) is 2. The van der Waals surface area contributed by atoms with Crippen LogP contribution in [0.15, 0.2) is 52.2 Å². The van der Waals surface area contributed by atoms with Crippen molar-refractivity contribution in [2.24, 2.45) is 0 Å². The van der Waals surface area contributed by atoms with Crippen LogP contribution < -0.4 is 30.4 Å². The van der Waals surface area contributed by atoms with Gasteiger partial charge in [-0.05, 0) is 36.8 Å². The van der Waals surface area contributed by atoms with E-state index in [1.807, 2.05) is 4.83 Å². The van der Waals surface area contributed by atoms with E-state index < -0.39 is 32.4 Å². The quantitative estimate of drug-likeness (QED) is 0.298. The number of aryl methyl sites for hydroxylation is 1. The number of hydrogen-bond donors (Lipinski definition) is 2. The van der Waals surface area contributed by atoms with E-state index in [0.717, 1.165) is 16.8 Å². The number of nitrogens with zero attached hydrogens (tertiary/aromatic N) is 2. The molecule has 1 amide bonds. The highest BCUT2D eigenvalue weighted by atomic mass is 32.2. The fourth-order valence-electron chi connectivity index (χ4n) is 3.25. The predicted molar refractivity (Wildman–Crippen MR) is 123 cm³/mol. The SMILES string of the molecule is CCn1nc(C(=O)NNS(=O)(=O)c2cc(/C=C/C(=O)[O-])cc(OC)c2OC)c2ccccc2c1=O. The van der Waals surface area contributed by atoms with Crippen LogP contribution in [0.25, 0.3) is 16.8 Å². The first-order valence-electron chi connectivity index (χ1n) is 10.1. The van der Waals surface area contributed by atoms with Gasteiger partial charge in [0.2, 0.25) is 0 Å².